The molecule has 0 aromatic rings. The molecule has 102 valence electrons. The van der Waals surface area contributed by atoms with Crippen LogP contribution in [0.2, 0.25) is 0 Å². The third-order valence-electron chi connectivity index (χ3n) is 3.71. The summed E-state index contributed by atoms with van der Waals surface area (Å²) in [6.07, 6.45) is 2.03. The Balaban J connectivity index is 1.96. The van der Waals surface area contributed by atoms with Crippen molar-refractivity contribution in [3.8, 4) is 0 Å². The minimum Gasteiger partial charge on any atom is -0.465 e. The van der Waals surface area contributed by atoms with E-state index in [0.717, 1.165) is 25.9 Å². The van der Waals surface area contributed by atoms with Crippen LogP contribution in [-0.4, -0.2) is 49.1 Å². The van der Waals surface area contributed by atoms with Gasteiger partial charge in [-0.05, 0) is 32.2 Å². The molecule has 2 atom stereocenters. The molecule has 1 saturated carbocycles. The van der Waals surface area contributed by atoms with Crippen molar-refractivity contribution in [3.63, 3.8) is 0 Å². The minimum atomic E-state index is -0.295. The second-order valence-corrected chi connectivity index (χ2v) is 5.24. The molecule has 2 rings (SSSR count). The number of nitrogens with zero attached hydrogens (tertiary/aromatic N) is 1. The molecular weight excluding hydrogens is 232 g/mol. The van der Waals surface area contributed by atoms with Gasteiger partial charge in [0.15, 0.2) is 0 Å². The maximum atomic E-state index is 12.5. The number of ether oxygens (including phenoxy) is 1. The number of hydrogen-bond donors (Lipinski definition) is 1. The van der Waals surface area contributed by atoms with E-state index in [9.17, 15) is 9.59 Å². The molecule has 2 fully saturated rings. The highest BCUT2D eigenvalue weighted by Crippen LogP contribution is 2.30. The molecule has 2 aliphatic rings. The number of esters is 1. The first kappa shape index (κ1) is 13.3. The Kier molecular flexibility index (Phi) is 4.22. The molecule has 0 aromatic carbocycles. The van der Waals surface area contributed by atoms with Gasteiger partial charge in [0, 0.05) is 12.6 Å². The standard InChI is InChI=1S/C13H22N2O3/c1-3-18-12(16)8-15(10-4-5-10)13(17)11-7-14-6-9(11)2/h9-11,14H,3-8H2,1-2H3/t9-,11-/m1/s1. The van der Waals surface area contributed by atoms with Gasteiger partial charge >= 0.3 is 5.97 Å². The number of hydrogen-bond acceptors (Lipinski definition) is 4. The monoisotopic (exact) mass is 254 g/mol. The van der Waals surface area contributed by atoms with Crippen LogP contribution in [0.15, 0.2) is 0 Å². The molecule has 0 unspecified atom stereocenters. The van der Waals surface area contributed by atoms with Gasteiger partial charge in [-0.25, -0.2) is 0 Å². The van der Waals surface area contributed by atoms with Gasteiger partial charge in [-0.3, -0.25) is 9.59 Å². The van der Waals surface area contributed by atoms with Crippen molar-refractivity contribution < 1.29 is 14.3 Å². The fourth-order valence-corrected chi connectivity index (χ4v) is 2.47. The SMILES string of the molecule is CCOC(=O)CN(C(=O)[C@@H]1CNC[C@H]1C)C1CC1. The van der Waals surface area contributed by atoms with E-state index in [-0.39, 0.29) is 30.4 Å². The Bertz CT molecular complexity index is 328. The summed E-state index contributed by atoms with van der Waals surface area (Å²) in [7, 11) is 0. The smallest absolute Gasteiger partial charge is 0.325 e. The van der Waals surface area contributed by atoms with Crippen molar-refractivity contribution in [1.29, 1.82) is 0 Å². The summed E-state index contributed by atoms with van der Waals surface area (Å²) in [4.78, 5) is 25.7. The summed E-state index contributed by atoms with van der Waals surface area (Å²) >= 11 is 0. The highest BCUT2D eigenvalue weighted by atomic mass is 16.5. The van der Waals surface area contributed by atoms with E-state index < -0.39 is 0 Å². The Labute approximate surface area is 108 Å². The topological polar surface area (TPSA) is 58.6 Å². The van der Waals surface area contributed by atoms with Gasteiger partial charge in [0.2, 0.25) is 5.91 Å². The van der Waals surface area contributed by atoms with E-state index in [4.69, 9.17) is 4.74 Å². The van der Waals surface area contributed by atoms with E-state index in [0.29, 0.717) is 12.5 Å². The highest BCUT2D eigenvalue weighted by Gasteiger charge is 2.40. The van der Waals surface area contributed by atoms with Crippen LogP contribution in [0.4, 0.5) is 0 Å². The first-order valence-corrected chi connectivity index (χ1v) is 6.80. The summed E-state index contributed by atoms with van der Waals surface area (Å²) in [6, 6.07) is 0.259. The van der Waals surface area contributed by atoms with Crippen LogP contribution in [0, 0.1) is 11.8 Å². The van der Waals surface area contributed by atoms with E-state index in [1.54, 1.807) is 11.8 Å². The molecule has 0 aromatic heterocycles. The van der Waals surface area contributed by atoms with Crippen LogP contribution < -0.4 is 5.32 Å². The number of carbonyl (C=O) groups is 2. The van der Waals surface area contributed by atoms with Gasteiger partial charge in [0.05, 0.1) is 12.5 Å². The number of amides is 1. The molecular formula is C13H22N2O3. The highest BCUT2D eigenvalue weighted by molar-refractivity contribution is 5.84. The minimum absolute atomic E-state index is 0.0139. The van der Waals surface area contributed by atoms with Gasteiger partial charge in [-0.2, -0.15) is 0 Å². The van der Waals surface area contributed by atoms with Crippen LogP contribution in [0.5, 0.6) is 0 Å². The van der Waals surface area contributed by atoms with Crippen LogP contribution in [0.25, 0.3) is 0 Å². The van der Waals surface area contributed by atoms with E-state index >= 15 is 0 Å². The van der Waals surface area contributed by atoms with Crippen LogP contribution in [0.3, 0.4) is 0 Å². The second kappa shape index (κ2) is 5.69. The average molecular weight is 254 g/mol. The Morgan fingerprint density at radius 2 is 2.06 bits per heavy atom. The van der Waals surface area contributed by atoms with Crippen molar-refractivity contribution in [2.45, 2.75) is 32.7 Å². The first-order valence-electron chi connectivity index (χ1n) is 6.80. The van der Waals surface area contributed by atoms with Gasteiger partial charge < -0.3 is 15.0 Å². The van der Waals surface area contributed by atoms with Crippen LogP contribution >= 0.6 is 0 Å². The molecule has 5 heteroatoms. The van der Waals surface area contributed by atoms with Crippen molar-refractivity contribution in [2.24, 2.45) is 11.8 Å². The van der Waals surface area contributed by atoms with Crippen molar-refractivity contribution >= 4 is 11.9 Å². The molecule has 1 saturated heterocycles. The lowest BCUT2D eigenvalue weighted by Crippen LogP contribution is -2.43. The molecule has 1 heterocycles. The normalized spacial score (nSPS) is 27.0. The van der Waals surface area contributed by atoms with E-state index in [1.165, 1.54) is 0 Å². The molecule has 0 radical (unpaired) electrons. The molecule has 1 aliphatic carbocycles. The van der Waals surface area contributed by atoms with Gasteiger partial charge in [0.25, 0.3) is 0 Å². The van der Waals surface area contributed by atoms with Crippen LogP contribution in [0.1, 0.15) is 26.7 Å². The lowest BCUT2D eigenvalue weighted by Gasteiger charge is -2.26. The van der Waals surface area contributed by atoms with Crippen molar-refractivity contribution in [3.05, 3.63) is 0 Å². The van der Waals surface area contributed by atoms with E-state index in [1.807, 2.05) is 0 Å². The van der Waals surface area contributed by atoms with Crippen molar-refractivity contribution in [1.82, 2.24) is 10.2 Å². The third kappa shape index (κ3) is 3.02. The van der Waals surface area contributed by atoms with Crippen molar-refractivity contribution in [2.75, 3.05) is 26.2 Å². The summed E-state index contributed by atoms with van der Waals surface area (Å²) < 4.78 is 4.94. The molecule has 18 heavy (non-hydrogen) atoms. The fraction of sp³-hybridized carbons (Fsp3) is 0.846. The quantitative estimate of drug-likeness (QED) is 0.721. The predicted molar refractivity (Wildman–Crippen MR) is 66.9 cm³/mol. The lowest BCUT2D eigenvalue weighted by atomic mass is 9.96. The summed E-state index contributed by atoms with van der Waals surface area (Å²) in [6.45, 7) is 5.95. The Morgan fingerprint density at radius 1 is 1.33 bits per heavy atom. The molecule has 0 bridgehead atoms. The summed E-state index contributed by atoms with van der Waals surface area (Å²) in [5.41, 5.74) is 0. The molecule has 0 spiro atoms. The zero-order valence-corrected chi connectivity index (χ0v) is 11.1. The Hall–Kier alpha value is -1.10. The Morgan fingerprint density at radius 3 is 2.56 bits per heavy atom. The maximum Gasteiger partial charge on any atom is 0.325 e. The fourth-order valence-electron chi connectivity index (χ4n) is 2.47. The largest absolute Gasteiger partial charge is 0.465 e. The first-order chi connectivity index (χ1) is 8.63. The zero-order chi connectivity index (χ0) is 13.1. The summed E-state index contributed by atoms with van der Waals surface area (Å²) in [5.74, 6) is 0.181. The second-order valence-electron chi connectivity index (χ2n) is 5.24. The molecule has 1 aliphatic heterocycles. The third-order valence-corrected chi connectivity index (χ3v) is 3.71. The van der Waals surface area contributed by atoms with Gasteiger partial charge in [-0.15, -0.1) is 0 Å². The summed E-state index contributed by atoms with van der Waals surface area (Å²) in [5, 5.41) is 3.23. The van der Waals surface area contributed by atoms with Crippen LogP contribution in [-0.2, 0) is 14.3 Å². The zero-order valence-electron chi connectivity index (χ0n) is 11.1. The number of rotatable bonds is 5. The molecule has 1 N–H and O–H groups in total. The number of carbonyl (C=O) groups excluding carboxylic acids is 2. The number of nitrogens with one attached hydrogen (secondary N) is 1. The van der Waals surface area contributed by atoms with Gasteiger partial charge in [-0.1, -0.05) is 6.92 Å². The lowest BCUT2D eigenvalue weighted by molar-refractivity contribution is -0.150. The predicted octanol–water partition coefficient (Wildman–Crippen LogP) is 0.396. The molecule has 1 amide bonds. The maximum absolute atomic E-state index is 12.5. The molecule has 5 nitrogen and oxygen atoms in total. The van der Waals surface area contributed by atoms with E-state index in [2.05, 4.69) is 12.2 Å². The van der Waals surface area contributed by atoms with Gasteiger partial charge in [0.1, 0.15) is 6.54 Å². The average Bonchev–Trinajstić information content (AvgIpc) is 3.08.